The summed E-state index contributed by atoms with van der Waals surface area (Å²) >= 11 is 0. The summed E-state index contributed by atoms with van der Waals surface area (Å²) in [5.41, 5.74) is 0.599. The molecule has 15 heavy (non-hydrogen) atoms. The smallest absolute Gasteiger partial charge is 0.352 e. The van der Waals surface area contributed by atoms with Crippen LogP contribution in [0.5, 0.6) is 0 Å². The molecule has 5 heteroatoms. The number of carbonyl (C=O) groups is 1. The zero-order valence-electron chi connectivity index (χ0n) is 8.34. The van der Waals surface area contributed by atoms with Crippen LogP contribution in [-0.2, 0) is 10.7 Å². The Bertz CT molecular complexity index is 431. The van der Waals surface area contributed by atoms with Crippen LogP contribution in [0, 0.1) is 0 Å². The Morgan fingerprint density at radius 1 is 1.40 bits per heavy atom. The van der Waals surface area contributed by atoms with Crippen molar-refractivity contribution in [1.82, 2.24) is 0 Å². The first kappa shape index (κ1) is 9.89. The van der Waals surface area contributed by atoms with E-state index in [-0.39, 0.29) is 11.3 Å². The molecule has 3 nitrogen and oxygen atoms in total. The average Bonchev–Trinajstić information content (AvgIpc) is 2.40. The van der Waals surface area contributed by atoms with Crippen molar-refractivity contribution >= 4 is 17.3 Å². The fourth-order valence-corrected chi connectivity index (χ4v) is 1.67. The van der Waals surface area contributed by atoms with E-state index in [1.807, 2.05) is 0 Å². The minimum Gasteiger partial charge on any atom is -0.388 e. The van der Waals surface area contributed by atoms with Crippen LogP contribution in [-0.4, -0.2) is 20.0 Å². The van der Waals surface area contributed by atoms with Gasteiger partial charge in [-0.25, -0.2) is 0 Å². The van der Waals surface area contributed by atoms with E-state index in [2.05, 4.69) is 5.32 Å². The number of benzene rings is 1. The lowest BCUT2D eigenvalue weighted by atomic mass is 10.1. The summed E-state index contributed by atoms with van der Waals surface area (Å²) in [6, 6.07) is 4.47. The molecular weight excluding hydrogens is 202 g/mol. The molecule has 1 heterocycles. The first-order valence-corrected chi connectivity index (χ1v) is 4.46. The van der Waals surface area contributed by atoms with Crippen LogP contribution in [0.3, 0.4) is 0 Å². The van der Waals surface area contributed by atoms with E-state index in [9.17, 15) is 13.6 Å². The second-order valence-electron chi connectivity index (χ2n) is 3.42. The number of likely N-dealkylation sites (N-methyl/N-ethyl adjacent to an activating group) is 1. The monoisotopic (exact) mass is 212 g/mol. The molecule has 1 amide bonds. The van der Waals surface area contributed by atoms with Crippen LogP contribution >= 0.6 is 0 Å². The number of amides is 1. The average molecular weight is 212 g/mol. The summed E-state index contributed by atoms with van der Waals surface area (Å²) in [5.74, 6) is -4.58. The second-order valence-corrected chi connectivity index (χ2v) is 3.42. The zero-order valence-corrected chi connectivity index (χ0v) is 8.34. The van der Waals surface area contributed by atoms with Crippen molar-refractivity contribution in [3.05, 3.63) is 23.8 Å². The van der Waals surface area contributed by atoms with E-state index in [0.717, 1.165) is 4.90 Å². The second kappa shape index (κ2) is 2.92. The first-order valence-electron chi connectivity index (χ1n) is 4.46. The highest BCUT2D eigenvalue weighted by molar-refractivity contribution is 6.05. The Morgan fingerprint density at radius 3 is 2.67 bits per heavy atom. The van der Waals surface area contributed by atoms with Gasteiger partial charge in [0.05, 0.1) is 11.3 Å². The molecule has 0 radical (unpaired) electrons. The molecule has 0 spiro atoms. The highest BCUT2D eigenvalue weighted by Crippen LogP contribution is 2.44. The molecule has 0 bridgehead atoms. The Kier molecular flexibility index (Phi) is 1.92. The van der Waals surface area contributed by atoms with Gasteiger partial charge in [-0.1, -0.05) is 0 Å². The first-order chi connectivity index (χ1) is 6.98. The maximum atomic E-state index is 13.5. The maximum Gasteiger partial charge on any atom is 0.352 e. The van der Waals surface area contributed by atoms with Crippen LogP contribution in [0.15, 0.2) is 18.2 Å². The third-order valence-corrected chi connectivity index (χ3v) is 2.56. The predicted molar refractivity (Wildman–Crippen MR) is 53.3 cm³/mol. The van der Waals surface area contributed by atoms with Crippen LogP contribution in [0.1, 0.15) is 5.56 Å². The van der Waals surface area contributed by atoms with Crippen LogP contribution in [0.2, 0.25) is 0 Å². The number of nitrogens with zero attached hydrogens (tertiary/aromatic N) is 1. The van der Waals surface area contributed by atoms with E-state index in [1.165, 1.54) is 19.2 Å². The summed E-state index contributed by atoms with van der Waals surface area (Å²) < 4.78 is 27.0. The zero-order chi connectivity index (χ0) is 11.2. The summed E-state index contributed by atoms with van der Waals surface area (Å²) in [5, 5.41) is 2.76. The summed E-state index contributed by atoms with van der Waals surface area (Å²) in [4.78, 5) is 12.2. The third-order valence-electron chi connectivity index (χ3n) is 2.56. The van der Waals surface area contributed by atoms with Crippen molar-refractivity contribution in [3.8, 4) is 0 Å². The molecule has 0 unspecified atom stereocenters. The van der Waals surface area contributed by atoms with E-state index in [0.29, 0.717) is 5.69 Å². The largest absolute Gasteiger partial charge is 0.388 e. The Labute approximate surface area is 85.7 Å². The van der Waals surface area contributed by atoms with Crippen molar-refractivity contribution in [2.45, 2.75) is 5.92 Å². The summed E-state index contributed by atoms with van der Waals surface area (Å²) in [6.07, 6.45) is 0. The van der Waals surface area contributed by atoms with Crippen molar-refractivity contribution in [2.24, 2.45) is 0 Å². The molecule has 0 aliphatic carbocycles. The third kappa shape index (κ3) is 1.19. The summed E-state index contributed by atoms with van der Waals surface area (Å²) in [6.45, 7) is 0. The fraction of sp³-hybridized carbons (Fsp3) is 0.300. The molecule has 0 saturated heterocycles. The topological polar surface area (TPSA) is 32.3 Å². The lowest BCUT2D eigenvalue weighted by Gasteiger charge is -2.09. The van der Waals surface area contributed by atoms with Crippen LogP contribution in [0.4, 0.5) is 20.2 Å². The van der Waals surface area contributed by atoms with Gasteiger partial charge in [0.2, 0.25) is 0 Å². The van der Waals surface area contributed by atoms with Crippen LogP contribution in [0.25, 0.3) is 0 Å². The van der Waals surface area contributed by atoms with Gasteiger partial charge in [-0.05, 0) is 18.2 Å². The van der Waals surface area contributed by atoms with Gasteiger partial charge in [0.25, 0.3) is 0 Å². The van der Waals surface area contributed by atoms with Gasteiger partial charge in [0, 0.05) is 19.8 Å². The lowest BCUT2D eigenvalue weighted by Crippen LogP contribution is -2.31. The van der Waals surface area contributed by atoms with Crippen molar-refractivity contribution in [1.29, 1.82) is 0 Å². The van der Waals surface area contributed by atoms with E-state index in [1.54, 1.807) is 13.1 Å². The molecule has 1 aliphatic rings. The number of hydrogen-bond acceptors (Lipinski definition) is 2. The number of alkyl halides is 2. The lowest BCUT2D eigenvalue weighted by molar-refractivity contribution is -0.141. The molecule has 0 fully saturated rings. The molecule has 1 aromatic carbocycles. The van der Waals surface area contributed by atoms with E-state index < -0.39 is 11.8 Å². The highest BCUT2D eigenvalue weighted by Gasteiger charge is 2.51. The number of halogens is 2. The number of hydrogen-bond donors (Lipinski definition) is 1. The van der Waals surface area contributed by atoms with Crippen molar-refractivity contribution in [3.63, 3.8) is 0 Å². The normalized spacial score (nSPS) is 17.9. The molecule has 1 aromatic rings. The molecule has 80 valence electrons. The van der Waals surface area contributed by atoms with Gasteiger partial charge in [0.15, 0.2) is 0 Å². The molecule has 0 saturated carbocycles. The molecule has 0 aromatic heterocycles. The SMILES string of the molecule is CNc1ccc2c(c1)C(F)(F)C(=O)N2C. The van der Waals surface area contributed by atoms with E-state index >= 15 is 0 Å². The highest BCUT2D eigenvalue weighted by atomic mass is 19.3. The quantitative estimate of drug-likeness (QED) is 0.769. The molecule has 1 aliphatic heterocycles. The maximum absolute atomic E-state index is 13.5. The van der Waals surface area contributed by atoms with Crippen molar-refractivity contribution < 1.29 is 13.6 Å². The number of nitrogens with one attached hydrogen (secondary N) is 1. The van der Waals surface area contributed by atoms with Gasteiger partial charge in [-0.2, -0.15) is 8.78 Å². The molecule has 2 rings (SSSR count). The minimum absolute atomic E-state index is 0.234. The van der Waals surface area contributed by atoms with Crippen molar-refractivity contribution in [2.75, 3.05) is 24.3 Å². The Balaban J connectivity index is 2.62. The molecule has 0 atom stereocenters. The molecule has 1 N–H and O–H groups in total. The van der Waals surface area contributed by atoms with Gasteiger partial charge in [-0.3, -0.25) is 4.79 Å². The van der Waals surface area contributed by atoms with Gasteiger partial charge in [0.1, 0.15) is 0 Å². The van der Waals surface area contributed by atoms with Gasteiger partial charge >= 0.3 is 11.8 Å². The Hall–Kier alpha value is -1.65. The Morgan fingerprint density at radius 2 is 2.07 bits per heavy atom. The number of carbonyl (C=O) groups excluding carboxylic acids is 1. The van der Waals surface area contributed by atoms with E-state index in [4.69, 9.17) is 0 Å². The standard InChI is InChI=1S/C10H10F2N2O/c1-13-6-3-4-8-7(5-6)10(11,12)9(15)14(8)2/h3-5,13H,1-2H3. The number of fused-ring (bicyclic) bond motifs is 1. The fourth-order valence-electron chi connectivity index (χ4n) is 1.67. The number of anilines is 2. The number of rotatable bonds is 1. The van der Waals surface area contributed by atoms with Gasteiger partial charge < -0.3 is 10.2 Å². The predicted octanol–water partition coefficient (Wildman–Crippen LogP) is 1.80. The molecular formula is C10H10F2N2O. The van der Waals surface area contributed by atoms with Gasteiger partial charge in [-0.15, -0.1) is 0 Å². The minimum atomic E-state index is -3.41. The summed E-state index contributed by atoms with van der Waals surface area (Å²) in [7, 11) is 2.99. The van der Waals surface area contributed by atoms with Crippen LogP contribution < -0.4 is 10.2 Å².